The second kappa shape index (κ2) is 12.4. The van der Waals surface area contributed by atoms with Crippen LogP contribution < -0.4 is 9.47 Å². The van der Waals surface area contributed by atoms with E-state index in [0.29, 0.717) is 44.0 Å². The Bertz CT molecular complexity index is 1090. The Kier molecular flexibility index (Phi) is 9.01. The summed E-state index contributed by atoms with van der Waals surface area (Å²) < 4.78 is 12.3. The number of aliphatic hydroxyl groups is 1. The van der Waals surface area contributed by atoms with Crippen molar-refractivity contribution in [2.24, 2.45) is 5.92 Å². The molecule has 0 radical (unpaired) electrons. The van der Waals surface area contributed by atoms with Crippen molar-refractivity contribution in [2.75, 3.05) is 39.6 Å². The van der Waals surface area contributed by atoms with Gasteiger partial charge >= 0.3 is 5.97 Å². The number of amides is 1. The van der Waals surface area contributed by atoms with Crippen LogP contribution in [0.5, 0.6) is 23.3 Å². The molecule has 0 bridgehead atoms. The van der Waals surface area contributed by atoms with Gasteiger partial charge in [0.2, 0.25) is 12.7 Å². The van der Waals surface area contributed by atoms with Gasteiger partial charge in [0.05, 0.1) is 12.5 Å². The van der Waals surface area contributed by atoms with E-state index in [-0.39, 0.29) is 44.2 Å². The molecule has 1 saturated heterocycles. The van der Waals surface area contributed by atoms with E-state index >= 15 is 0 Å². The zero-order valence-electron chi connectivity index (χ0n) is 21.7. The summed E-state index contributed by atoms with van der Waals surface area (Å²) in [5.41, 5.74) is 0.788. The average molecular weight is 532 g/mol. The smallest absolute Gasteiger partial charge is 0.308 e. The predicted molar refractivity (Wildman–Crippen MR) is 137 cm³/mol. The fourth-order valence-corrected chi connectivity index (χ4v) is 5.52. The molecule has 3 atom stereocenters. The van der Waals surface area contributed by atoms with Crippen LogP contribution >= 0.6 is 0 Å². The third-order valence-electron chi connectivity index (χ3n) is 7.50. The minimum atomic E-state index is -0.975. The van der Waals surface area contributed by atoms with Crippen molar-refractivity contribution in [3.63, 3.8) is 0 Å². The number of fused-ring (bicyclic) bond motifs is 1. The van der Waals surface area contributed by atoms with Crippen molar-refractivity contribution in [1.29, 1.82) is 0 Å². The van der Waals surface area contributed by atoms with E-state index in [2.05, 4.69) is 0 Å². The molecule has 0 saturated carbocycles. The summed E-state index contributed by atoms with van der Waals surface area (Å²) in [5.74, 6) is -1.38. The summed E-state index contributed by atoms with van der Waals surface area (Å²) in [6.45, 7) is 3.72. The number of benzene rings is 1. The fraction of sp³-hybridized carbons (Fsp3) is 0.556. The van der Waals surface area contributed by atoms with Crippen LogP contribution in [0.25, 0.3) is 0 Å². The molecule has 1 fully saturated rings. The highest BCUT2D eigenvalue weighted by atomic mass is 16.7. The minimum absolute atomic E-state index is 0.0145. The Morgan fingerprint density at radius 1 is 1.05 bits per heavy atom. The first kappa shape index (κ1) is 27.6. The molecular formula is C27H37N3O8. The lowest BCUT2D eigenvalue weighted by Gasteiger charge is -2.30. The molecule has 1 amide bonds. The van der Waals surface area contributed by atoms with Gasteiger partial charge in [0.1, 0.15) is 0 Å². The molecular weight excluding hydrogens is 494 g/mol. The number of ether oxygens (including phenoxy) is 2. The van der Waals surface area contributed by atoms with Crippen molar-refractivity contribution in [3.05, 3.63) is 35.9 Å². The van der Waals surface area contributed by atoms with Gasteiger partial charge < -0.3 is 34.8 Å². The summed E-state index contributed by atoms with van der Waals surface area (Å²) in [5, 5.41) is 39.9. The molecule has 38 heavy (non-hydrogen) atoms. The van der Waals surface area contributed by atoms with Crippen LogP contribution in [0, 0.1) is 5.92 Å². The van der Waals surface area contributed by atoms with Gasteiger partial charge in [-0.05, 0) is 37.0 Å². The number of unbranched alkanes of at least 4 members (excludes halogenated alkanes) is 1. The predicted octanol–water partition coefficient (Wildman–Crippen LogP) is 2.20. The van der Waals surface area contributed by atoms with Gasteiger partial charge in [-0.2, -0.15) is 0 Å². The molecule has 3 heterocycles. The van der Waals surface area contributed by atoms with Crippen LogP contribution in [-0.2, 0) is 16.1 Å². The van der Waals surface area contributed by atoms with Crippen molar-refractivity contribution in [1.82, 2.24) is 14.4 Å². The second-order valence-corrected chi connectivity index (χ2v) is 9.88. The molecule has 11 nitrogen and oxygen atoms in total. The first-order valence-corrected chi connectivity index (χ1v) is 13.2. The molecule has 1 aromatic carbocycles. The van der Waals surface area contributed by atoms with Gasteiger partial charge in [0.25, 0.3) is 0 Å². The summed E-state index contributed by atoms with van der Waals surface area (Å²) in [7, 11) is 0. The fourth-order valence-electron chi connectivity index (χ4n) is 5.52. The number of rotatable bonds is 13. The highest BCUT2D eigenvalue weighted by molar-refractivity contribution is 5.79. The maximum atomic E-state index is 13.4. The number of nitrogens with zero attached hydrogens (tertiary/aromatic N) is 3. The Morgan fingerprint density at radius 3 is 2.45 bits per heavy atom. The quantitative estimate of drug-likeness (QED) is 0.306. The molecule has 0 unspecified atom stereocenters. The van der Waals surface area contributed by atoms with Crippen molar-refractivity contribution in [2.45, 2.75) is 51.1 Å². The Labute approximate surface area is 221 Å². The lowest BCUT2D eigenvalue weighted by atomic mass is 9.84. The van der Waals surface area contributed by atoms with Gasteiger partial charge in [-0.1, -0.05) is 19.4 Å². The van der Waals surface area contributed by atoms with Gasteiger partial charge in [0.15, 0.2) is 23.3 Å². The Balaban J connectivity index is 1.61. The molecule has 2 aliphatic rings. The SMILES string of the molecule is CCCCN(CCCO)C(=O)CN1C[C@H](c2ccc3c(c2)OCO3)[C@H](C(=O)O)[C@H]1CCn1c(O)ccc1O. The molecule has 4 rings (SSSR count). The molecule has 2 aliphatic heterocycles. The van der Waals surface area contributed by atoms with E-state index < -0.39 is 23.8 Å². The van der Waals surface area contributed by atoms with Crippen LogP contribution in [0.15, 0.2) is 30.3 Å². The number of aliphatic carboxylic acids is 1. The number of hydrogen-bond donors (Lipinski definition) is 4. The molecule has 4 N–H and O–H groups in total. The van der Waals surface area contributed by atoms with Crippen molar-refractivity contribution >= 4 is 11.9 Å². The minimum Gasteiger partial charge on any atom is -0.494 e. The van der Waals surface area contributed by atoms with Gasteiger partial charge in [0, 0.05) is 56.9 Å². The lowest BCUT2D eigenvalue weighted by molar-refractivity contribution is -0.144. The summed E-state index contributed by atoms with van der Waals surface area (Å²) in [6.07, 6.45) is 2.53. The van der Waals surface area contributed by atoms with E-state index in [1.807, 2.05) is 24.0 Å². The van der Waals surface area contributed by atoms with E-state index in [1.165, 1.54) is 16.7 Å². The molecule has 2 aromatic rings. The van der Waals surface area contributed by atoms with E-state index in [1.54, 1.807) is 11.0 Å². The molecule has 11 heteroatoms. The van der Waals surface area contributed by atoms with Crippen LogP contribution in [0.4, 0.5) is 0 Å². The Hall–Kier alpha value is -3.44. The number of carbonyl (C=O) groups excluding carboxylic acids is 1. The van der Waals surface area contributed by atoms with Crippen LogP contribution in [0.3, 0.4) is 0 Å². The number of aromatic nitrogens is 1. The van der Waals surface area contributed by atoms with Crippen molar-refractivity contribution in [3.8, 4) is 23.3 Å². The molecule has 208 valence electrons. The maximum absolute atomic E-state index is 13.4. The molecule has 0 spiro atoms. The highest BCUT2D eigenvalue weighted by Gasteiger charge is 2.47. The number of carboxylic acids is 1. The van der Waals surface area contributed by atoms with Gasteiger partial charge in [-0.15, -0.1) is 0 Å². The average Bonchev–Trinajstić information content (AvgIpc) is 3.59. The molecule has 1 aromatic heterocycles. The zero-order chi connectivity index (χ0) is 27.2. The third-order valence-corrected chi connectivity index (χ3v) is 7.50. The lowest BCUT2D eigenvalue weighted by Crippen LogP contribution is -2.45. The van der Waals surface area contributed by atoms with Gasteiger partial charge in [-0.25, -0.2) is 0 Å². The van der Waals surface area contributed by atoms with E-state index in [0.717, 1.165) is 18.4 Å². The highest BCUT2D eigenvalue weighted by Crippen LogP contribution is 2.43. The van der Waals surface area contributed by atoms with Crippen LogP contribution in [0.2, 0.25) is 0 Å². The standard InChI is InChI=1S/C27H37N3O8/c1-2-3-10-28(11-4-13-31)25(34)16-29-15-19(18-5-6-21-22(14-18)38-17-37-21)26(27(35)36)20(29)9-12-30-23(32)7-8-24(30)33/h5-8,14,19-20,26,31-33H,2-4,9-13,15-17H2,1H3,(H,35,36)/t19-,20-,26+/m1/s1. The number of aromatic hydroxyl groups is 2. The van der Waals surface area contributed by atoms with Crippen LogP contribution in [0.1, 0.15) is 44.1 Å². The molecule has 0 aliphatic carbocycles. The number of carboxylic acid groups (broad SMARTS) is 1. The topological polar surface area (TPSA) is 145 Å². The Morgan fingerprint density at radius 2 is 1.76 bits per heavy atom. The van der Waals surface area contributed by atoms with Gasteiger partial charge in [-0.3, -0.25) is 19.1 Å². The maximum Gasteiger partial charge on any atom is 0.308 e. The second-order valence-electron chi connectivity index (χ2n) is 9.88. The monoisotopic (exact) mass is 531 g/mol. The number of carbonyl (C=O) groups is 2. The summed E-state index contributed by atoms with van der Waals surface area (Å²) in [4.78, 5) is 29.7. The number of hydrogen-bond acceptors (Lipinski definition) is 8. The van der Waals surface area contributed by atoms with Crippen molar-refractivity contribution < 1.29 is 39.5 Å². The zero-order valence-corrected chi connectivity index (χ0v) is 21.7. The van der Waals surface area contributed by atoms with Crippen LogP contribution in [-0.4, -0.2) is 92.3 Å². The van der Waals surface area contributed by atoms with E-state index in [9.17, 15) is 30.0 Å². The summed E-state index contributed by atoms with van der Waals surface area (Å²) in [6, 6.07) is 7.65. The van der Waals surface area contributed by atoms with E-state index in [4.69, 9.17) is 9.47 Å². The number of likely N-dealkylation sites (tertiary alicyclic amines) is 1. The largest absolute Gasteiger partial charge is 0.494 e. The third kappa shape index (κ3) is 5.99. The summed E-state index contributed by atoms with van der Waals surface area (Å²) >= 11 is 0. The number of aliphatic hydroxyl groups excluding tert-OH is 1. The normalized spacial score (nSPS) is 20.6. The first-order chi connectivity index (χ1) is 18.3. The first-order valence-electron chi connectivity index (χ1n) is 13.2.